The Morgan fingerprint density at radius 2 is 2.09 bits per heavy atom. The van der Waals surface area contributed by atoms with Gasteiger partial charge in [0.1, 0.15) is 6.20 Å². The van der Waals surface area contributed by atoms with Gasteiger partial charge in [-0.25, -0.2) is 4.98 Å². The highest BCUT2D eigenvalue weighted by molar-refractivity contribution is 5.45. The van der Waals surface area contributed by atoms with Crippen LogP contribution in [0.5, 0.6) is 17.4 Å². The minimum atomic E-state index is -0.505. The fourth-order valence-electron chi connectivity index (χ4n) is 2.02. The van der Waals surface area contributed by atoms with Gasteiger partial charge in [0.15, 0.2) is 11.5 Å². The Kier molecular flexibility index (Phi) is 5.87. The molecule has 1 aromatic heterocycles. The summed E-state index contributed by atoms with van der Waals surface area (Å²) in [6, 6.07) is 8.47. The third-order valence-electron chi connectivity index (χ3n) is 3.12. The van der Waals surface area contributed by atoms with Crippen LogP contribution in [-0.4, -0.2) is 23.1 Å². The van der Waals surface area contributed by atoms with E-state index >= 15 is 0 Å². The maximum absolute atomic E-state index is 10.6. The molecule has 0 aliphatic carbocycles. The second kappa shape index (κ2) is 8.09. The van der Waals surface area contributed by atoms with Crippen LogP contribution in [0.1, 0.15) is 18.9 Å². The summed E-state index contributed by atoms with van der Waals surface area (Å²) in [4.78, 5) is 14.1. The van der Waals surface area contributed by atoms with Crippen molar-refractivity contribution < 1.29 is 14.4 Å². The van der Waals surface area contributed by atoms with Gasteiger partial charge >= 0.3 is 0 Å². The monoisotopic (exact) mass is 317 g/mol. The van der Waals surface area contributed by atoms with E-state index in [1.165, 1.54) is 12.1 Å². The van der Waals surface area contributed by atoms with Crippen molar-refractivity contribution in [2.75, 3.05) is 13.2 Å². The van der Waals surface area contributed by atoms with E-state index < -0.39 is 4.92 Å². The number of pyridine rings is 1. The number of rotatable bonds is 8. The molecule has 1 heterocycles. The third kappa shape index (κ3) is 4.65. The van der Waals surface area contributed by atoms with E-state index in [9.17, 15) is 10.1 Å². The zero-order valence-electron chi connectivity index (χ0n) is 12.9. The van der Waals surface area contributed by atoms with E-state index in [2.05, 4.69) is 4.98 Å². The Labute approximate surface area is 134 Å². The standard InChI is InChI=1S/C16H19N3O4/c1-2-22-15-10-12(4-3-9-17)5-7-14(15)23-16-8-6-13(11-18-16)19(20)21/h5-8,10-11H,2-4,9,17H2,1H3. The molecule has 0 spiro atoms. The summed E-state index contributed by atoms with van der Waals surface area (Å²) >= 11 is 0. The first-order chi connectivity index (χ1) is 11.1. The predicted octanol–water partition coefficient (Wildman–Crippen LogP) is 3.07. The number of aromatic nitrogens is 1. The van der Waals surface area contributed by atoms with Crippen LogP contribution in [0.2, 0.25) is 0 Å². The molecule has 0 aliphatic rings. The van der Waals surface area contributed by atoms with E-state index in [-0.39, 0.29) is 11.6 Å². The summed E-state index contributed by atoms with van der Waals surface area (Å²) in [5.41, 5.74) is 6.56. The number of hydrogen-bond acceptors (Lipinski definition) is 6. The molecule has 0 bridgehead atoms. The van der Waals surface area contributed by atoms with E-state index in [0.717, 1.165) is 24.6 Å². The van der Waals surface area contributed by atoms with Crippen LogP contribution in [0.3, 0.4) is 0 Å². The van der Waals surface area contributed by atoms with Gasteiger partial charge in [-0.2, -0.15) is 0 Å². The number of aryl methyl sites for hydroxylation is 1. The van der Waals surface area contributed by atoms with Crippen molar-refractivity contribution in [1.29, 1.82) is 0 Å². The summed E-state index contributed by atoms with van der Waals surface area (Å²) in [7, 11) is 0. The van der Waals surface area contributed by atoms with E-state index in [0.29, 0.717) is 24.7 Å². The lowest BCUT2D eigenvalue weighted by Gasteiger charge is -2.12. The van der Waals surface area contributed by atoms with Crippen LogP contribution >= 0.6 is 0 Å². The van der Waals surface area contributed by atoms with E-state index in [1.54, 1.807) is 6.07 Å². The third-order valence-corrected chi connectivity index (χ3v) is 3.12. The molecule has 0 aliphatic heterocycles. The molecule has 23 heavy (non-hydrogen) atoms. The molecule has 0 amide bonds. The normalized spacial score (nSPS) is 10.3. The molecule has 7 heteroatoms. The Bertz CT molecular complexity index is 659. The average Bonchev–Trinajstić information content (AvgIpc) is 2.55. The molecule has 2 N–H and O–H groups in total. The van der Waals surface area contributed by atoms with Crippen LogP contribution in [-0.2, 0) is 6.42 Å². The number of nitro groups is 1. The van der Waals surface area contributed by atoms with Crippen molar-refractivity contribution in [3.63, 3.8) is 0 Å². The molecule has 1 aromatic carbocycles. The molecule has 0 radical (unpaired) electrons. The molecule has 0 saturated heterocycles. The zero-order chi connectivity index (χ0) is 16.7. The summed E-state index contributed by atoms with van der Waals surface area (Å²) in [6.07, 6.45) is 2.92. The van der Waals surface area contributed by atoms with Gasteiger partial charge in [0.2, 0.25) is 5.88 Å². The van der Waals surface area contributed by atoms with Gasteiger partial charge in [0.05, 0.1) is 11.5 Å². The average molecular weight is 317 g/mol. The molecule has 7 nitrogen and oxygen atoms in total. The minimum Gasteiger partial charge on any atom is -0.490 e. The highest BCUT2D eigenvalue weighted by Gasteiger charge is 2.10. The van der Waals surface area contributed by atoms with Crippen LogP contribution in [0.25, 0.3) is 0 Å². The van der Waals surface area contributed by atoms with Gasteiger partial charge < -0.3 is 15.2 Å². The number of nitrogens with two attached hydrogens (primary N) is 1. The molecule has 0 atom stereocenters. The zero-order valence-corrected chi connectivity index (χ0v) is 12.9. The maximum atomic E-state index is 10.6. The topological polar surface area (TPSA) is 101 Å². The quantitative estimate of drug-likeness (QED) is 0.593. The Morgan fingerprint density at radius 1 is 1.26 bits per heavy atom. The Balaban J connectivity index is 2.18. The summed E-state index contributed by atoms with van der Waals surface area (Å²) in [5, 5.41) is 10.6. The van der Waals surface area contributed by atoms with Gasteiger partial charge in [-0.1, -0.05) is 6.07 Å². The summed E-state index contributed by atoms with van der Waals surface area (Å²) in [5.74, 6) is 1.40. The first-order valence-electron chi connectivity index (χ1n) is 7.38. The van der Waals surface area contributed by atoms with Crippen molar-refractivity contribution in [2.24, 2.45) is 5.73 Å². The fourth-order valence-corrected chi connectivity index (χ4v) is 2.02. The number of benzene rings is 1. The number of hydrogen-bond donors (Lipinski definition) is 1. The SMILES string of the molecule is CCOc1cc(CCCN)ccc1Oc1ccc([N+](=O)[O-])cn1. The van der Waals surface area contributed by atoms with Crippen molar-refractivity contribution in [3.8, 4) is 17.4 Å². The molecule has 122 valence electrons. The minimum absolute atomic E-state index is 0.0838. The molecule has 0 saturated carbocycles. The van der Waals surface area contributed by atoms with Crippen molar-refractivity contribution in [1.82, 2.24) is 4.98 Å². The molecule has 2 aromatic rings. The van der Waals surface area contributed by atoms with Gasteiger partial charge in [-0.05, 0) is 44.0 Å². The van der Waals surface area contributed by atoms with Gasteiger partial charge in [-0.15, -0.1) is 0 Å². The van der Waals surface area contributed by atoms with Gasteiger partial charge in [0.25, 0.3) is 5.69 Å². The second-order valence-corrected chi connectivity index (χ2v) is 4.82. The van der Waals surface area contributed by atoms with Crippen molar-refractivity contribution in [3.05, 3.63) is 52.2 Å². The second-order valence-electron chi connectivity index (χ2n) is 4.82. The first-order valence-corrected chi connectivity index (χ1v) is 7.38. The molecule has 2 rings (SSSR count). The number of nitrogens with zero attached hydrogens (tertiary/aromatic N) is 2. The van der Waals surface area contributed by atoms with Crippen LogP contribution in [0, 0.1) is 10.1 Å². The predicted molar refractivity (Wildman–Crippen MR) is 86.0 cm³/mol. The summed E-state index contributed by atoms with van der Waals surface area (Å²) in [6.45, 7) is 3.03. The van der Waals surface area contributed by atoms with Crippen molar-refractivity contribution in [2.45, 2.75) is 19.8 Å². The molecular formula is C16H19N3O4. The molecule has 0 unspecified atom stereocenters. The smallest absolute Gasteiger partial charge is 0.287 e. The lowest BCUT2D eigenvalue weighted by molar-refractivity contribution is -0.385. The molecule has 0 fully saturated rings. The highest BCUT2D eigenvalue weighted by Crippen LogP contribution is 2.32. The fraction of sp³-hybridized carbons (Fsp3) is 0.312. The number of ether oxygens (including phenoxy) is 2. The van der Waals surface area contributed by atoms with E-state index in [1.807, 2.05) is 19.1 Å². The largest absolute Gasteiger partial charge is 0.490 e. The summed E-state index contributed by atoms with van der Waals surface area (Å²) < 4.78 is 11.3. The molecular weight excluding hydrogens is 298 g/mol. The lowest BCUT2D eigenvalue weighted by atomic mass is 10.1. The highest BCUT2D eigenvalue weighted by atomic mass is 16.6. The van der Waals surface area contributed by atoms with Crippen LogP contribution in [0.15, 0.2) is 36.5 Å². The Morgan fingerprint density at radius 3 is 2.70 bits per heavy atom. The van der Waals surface area contributed by atoms with Gasteiger partial charge in [0, 0.05) is 12.1 Å². The Hall–Kier alpha value is -2.67. The van der Waals surface area contributed by atoms with Gasteiger partial charge in [-0.3, -0.25) is 10.1 Å². The van der Waals surface area contributed by atoms with Crippen molar-refractivity contribution >= 4 is 5.69 Å². The van der Waals surface area contributed by atoms with Crippen LogP contribution in [0.4, 0.5) is 5.69 Å². The van der Waals surface area contributed by atoms with Crippen LogP contribution < -0.4 is 15.2 Å². The van der Waals surface area contributed by atoms with E-state index in [4.69, 9.17) is 15.2 Å². The lowest BCUT2D eigenvalue weighted by Crippen LogP contribution is -2.01. The maximum Gasteiger partial charge on any atom is 0.287 e. The first kappa shape index (κ1) is 16.7.